The van der Waals surface area contributed by atoms with Crippen LogP contribution in [0.25, 0.3) is 11.2 Å². The van der Waals surface area contributed by atoms with Crippen molar-refractivity contribution < 1.29 is 51.6 Å². The molecule has 1 saturated carbocycles. The lowest BCUT2D eigenvalue weighted by molar-refractivity contribution is -0.0408. The third-order valence-electron chi connectivity index (χ3n) is 6.92. The first-order valence-electron chi connectivity index (χ1n) is 15.1. The number of carbonyl (C=O) groups is 2. The molecule has 1 aliphatic carbocycles. The minimum atomic E-state index is -4.14. The molecular formula is C30H41N4O11PS. The van der Waals surface area contributed by atoms with Gasteiger partial charge in [0.15, 0.2) is 5.65 Å². The van der Waals surface area contributed by atoms with Crippen LogP contribution in [0.5, 0.6) is 5.75 Å². The summed E-state index contributed by atoms with van der Waals surface area (Å²) < 4.78 is 57.5. The number of imidazole rings is 1. The molecule has 17 heteroatoms. The van der Waals surface area contributed by atoms with Crippen LogP contribution in [0, 0.1) is 5.92 Å². The number of hydrogen-bond donors (Lipinski definition) is 0. The summed E-state index contributed by atoms with van der Waals surface area (Å²) in [5, 5.41) is 0.688. The van der Waals surface area contributed by atoms with E-state index < -0.39 is 57.6 Å². The molecule has 258 valence electrons. The first-order chi connectivity index (χ1) is 22.5. The zero-order chi connectivity index (χ0) is 34.0. The highest BCUT2D eigenvalue weighted by atomic mass is 32.2. The van der Waals surface area contributed by atoms with Crippen molar-refractivity contribution >= 4 is 42.8 Å². The van der Waals surface area contributed by atoms with Crippen LogP contribution in [0.15, 0.2) is 46.8 Å². The Kier molecular flexibility index (Phi) is 12.9. The fourth-order valence-electron chi connectivity index (χ4n) is 4.66. The van der Waals surface area contributed by atoms with Crippen molar-refractivity contribution in [2.75, 3.05) is 27.0 Å². The van der Waals surface area contributed by atoms with Crippen LogP contribution in [0.3, 0.4) is 0 Å². The minimum Gasteiger partial charge on any atom is -0.497 e. The predicted molar refractivity (Wildman–Crippen MR) is 169 cm³/mol. The molecule has 1 aromatic carbocycles. The number of hydrogen-bond acceptors (Lipinski definition) is 15. The molecule has 0 bridgehead atoms. The molecule has 1 fully saturated rings. The fraction of sp³-hybridized carbons (Fsp3) is 0.567. The standard InChI is InChI=1S/C30H41N4O11PS/c1-7-8-22-13-30(22,14-34-16-33-25-26(34)31-15-32-27(25)47-24-11-9-23(38-6)10-12-24)41-19-46(37,42-17-39-28(35)44-20(2)3)43-18-40-29(36)45-21(4)5/h9-12,15-16,20-22H,7-8,13-14,17-19H2,1-6H3. The third kappa shape index (κ3) is 10.5. The second-order valence-corrected chi connectivity index (χ2v) is 14.3. The number of aromatic nitrogens is 4. The largest absolute Gasteiger partial charge is 0.510 e. The van der Waals surface area contributed by atoms with Crippen molar-refractivity contribution in [3.8, 4) is 5.75 Å². The third-order valence-corrected chi connectivity index (χ3v) is 9.36. The van der Waals surface area contributed by atoms with Crippen LogP contribution >= 0.6 is 19.4 Å². The predicted octanol–water partition coefficient (Wildman–Crippen LogP) is 6.78. The topological polar surface area (TPSA) is 169 Å². The Labute approximate surface area is 277 Å². The van der Waals surface area contributed by atoms with Gasteiger partial charge in [-0.2, -0.15) is 0 Å². The maximum absolute atomic E-state index is 13.7. The van der Waals surface area contributed by atoms with E-state index in [9.17, 15) is 14.2 Å². The van der Waals surface area contributed by atoms with Gasteiger partial charge >= 0.3 is 19.9 Å². The number of nitrogens with zero attached hydrogens (tertiary/aromatic N) is 4. The van der Waals surface area contributed by atoms with Crippen LogP contribution < -0.4 is 4.74 Å². The zero-order valence-corrected chi connectivity index (χ0v) is 29.0. The van der Waals surface area contributed by atoms with E-state index in [1.807, 2.05) is 28.8 Å². The lowest BCUT2D eigenvalue weighted by Gasteiger charge is -2.24. The first kappa shape index (κ1) is 36.4. The summed E-state index contributed by atoms with van der Waals surface area (Å²) in [4.78, 5) is 38.2. The van der Waals surface area contributed by atoms with E-state index in [-0.39, 0.29) is 5.92 Å². The van der Waals surface area contributed by atoms with Gasteiger partial charge in [0.2, 0.25) is 13.6 Å². The fourth-order valence-corrected chi connectivity index (χ4v) is 6.56. The normalized spacial score (nSPS) is 17.6. The van der Waals surface area contributed by atoms with E-state index in [2.05, 4.69) is 21.9 Å². The van der Waals surface area contributed by atoms with Crippen molar-refractivity contribution in [2.24, 2.45) is 5.92 Å². The molecule has 0 spiro atoms. The number of rotatable bonds is 18. The van der Waals surface area contributed by atoms with E-state index in [0.717, 1.165) is 23.5 Å². The summed E-state index contributed by atoms with van der Waals surface area (Å²) in [6, 6.07) is 7.63. The average Bonchev–Trinajstić information content (AvgIpc) is 3.52. The van der Waals surface area contributed by atoms with Gasteiger partial charge in [0.25, 0.3) is 0 Å². The molecule has 0 radical (unpaired) electrons. The van der Waals surface area contributed by atoms with Crippen molar-refractivity contribution in [1.29, 1.82) is 0 Å². The summed E-state index contributed by atoms with van der Waals surface area (Å²) in [5.41, 5.74) is 0.505. The zero-order valence-electron chi connectivity index (χ0n) is 27.3. The summed E-state index contributed by atoms with van der Waals surface area (Å²) >= 11 is 1.46. The van der Waals surface area contributed by atoms with E-state index in [1.54, 1.807) is 41.1 Å². The van der Waals surface area contributed by atoms with E-state index in [0.29, 0.717) is 29.2 Å². The smallest absolute Gasteiger partial charge is 0.497 e. The molecule has 0 N–H and O–H groups in total. The van der Waals surface area contributed by atoms with Crippen LogP contribution in [0.2, 0.25) is 0 Å². The van der Waals surface area contributed by atoms with Gasteiger partial charge in [-0.25, -0.2) is 24.5 Å². The average molecular weight is 697 g/mol. The molecule has 0 saturated heterocycles. The van der Waals surface area contributed by atoms with Gasteiger partial charge in [0.1, 0.15) is 29.0 Å². The summed E-state index contributed by atoms with van der Waals surface area (Å²) in [6.07, 6.45) is 2.22. The molecule has 2 heterocycles. The Morgan fingerprint density at radius 2 is 1.64 bits per heavy atom. The Morgan fingerprint density at radius 1 is 1.00 bits per heavy atom. The highest BCUT2D eigenvalue weighted by Crippen LogP contribution is 2.56. The molecular weight excluding hydrogens is 655 g/mol. The molecule has 15 nitrogen and oxygen atoms in total. The lowest BCUT2D eigenvalue weighted by atomic mass is 10.1. The van der Waals surface area contributed by atoms with Gasteiger partial charge in [-0.15, -0.1) is 0 Å². The molecule has 3 aromatic rings. The Bertz CT molecular complexity index is 1510. The number of benzene rings is 1. The van der Waals surface area contributed by atoms with Crippen LogP contribution in [-0.4, -0.2) is 76.7 Å². The molecule has 0 amide bonds. The van der Waals surface area contributed by atoms with E-state index >= 15 is 0 Å². The van der Waals surface area contributed by atoms with Crippen molar-refractivity contribution in [2.45, 2.75) is 88.2 Å². The summed E-state index contributed by atoms with van der Waals surface area (Å²) in [5.74, 6) is 0.897. The molecule has 4 rings (SSSR count). The molecule has 2 atom stereocenters. The highest BCUT2D eigenvalue weighted by Gasteiger charge is 2.56. The van der Waals surface area contributed by atoms with E-state index in [1.165, 1.54) is 18.1 Å². The molecule has 1 aliphatic rings. The second kappa shape index (κ2) is 16.6. The van der Waals surface area contributed by atoms with Gasteiger partial charge in [-0.3, -0.25) is 13.6 Å². The maximum Gasteiger partial charge on any atom is 0.510 e. The number of methoxy groups -OCH3 is 1. The SMILES string of the molecule is CCCC1CC1(Cn1cnc2c(Sc3ccc(OC)cc3)ncnc21)OCP(=O)(OCOC(=O)OC(C)C)OCOC(=O)OC(C)C. The summed E-state index contributed by atoms with van der Waals surface area (Å²) in [7, 11) is -2.53. The van der Waals surface area contributed by atoms with Crippen LogP contribution in [-0.2, 0) is 43.8 Å². The quantitative estimate of drug-likeness (QED) is 0.0590. The lowest BCUT2D eigenvalue weighted by Crippen LogP contribution is -2.26. The van der Waals surface area contributed by atoms with Crippen molar-refractivity contribution in [3.63, 3.8) is 0 Å². The first-order valence-corrected chi connectivity index (χ1v) is 17.7. The van der Waals surface area contributed by atoms with Gasteiger partial charge in [0, 0.05) is 4.90 Å². The summed E-state index contributed by atoms with van der Waals surface area (Å²) in [6.45, 7) is 7.53. The second-order valence-electron chi connectivity index (χ2n) is 11.3. The Morgan fingerprint density at radius 3 is 2.21 bits per heavy atom. The van der Waals surface area contributed by atoms with E-state index in [4.69, 9.17) is 37.5 Å². The Balaban J connectivity index is 1.48. The van der Waals surface area contributed by atoms with Gasteiger partial charge in [-0.05, 0) is 70.7 Å². The van der Waals surface area contributed by atoms with Crippen LogP contribution in [0.1, 0.15) is 53.9 Å². The van der Waals surface area contributed by atoms with Crippen molar-refractivity contribution in [1.82, 2.24) is 19.5 Å². The number of carbonyl (C=O) groups excluding carboxylic acids is 2. The van der Waals surface area contributed by atoms with Gasteiger partial charge < -0.3 is 33.0 Å². The van der Waals surface area contributed by atoms with Crippen LogP contribution in [0.4, 0.5) is 9.59 Å². The molecule has 2 aromatic heterocycles. The highest BCUT2D eigenvalue weighted by molar-refractivity contribution is 7.99. The Hall–Kier alpha value is -3.43. The monoisotopic (exact) mass is 696 g/mol. The number of fused-ring (bicyclic) bond motifs is 1. The van der Waals surface area contributed by atoms with Gasteiger partial charge in [0.05, 0.1) is 37.8 Å². The molecule has 2 unspecified atom stereocenters. The van der Waals surface area contributed by atoms with Gasteiger partial charge in [-0.1, -0.05) is 25.1 Å². The van der Waals surface area contributed by atoms with Crippen molar-refractivity contribution in [3.05, 3.63) is 36.9 Å². The molecule has 0 aliphatic heterocycles. The minimum absolute atomic E-state index is 0.142. The maximum atomic E-state index is 13.7. The molecule has 47 heavy (non-hydrogen) atoms. The number of ether oxygens (including phenoxy) is 6.